The summed E-state index contributed by atoms with van der Waals surface area (Å²) in [7, 11) is 1.75. The summed E-state index contributed by atoms with van der Waals surface area (Å²) in [6.45, 7) is 6.47. The van der Waals surface area contributed by atoms with Crippen LogP contribution < -0.4 is 10.6 Å². The van der Waals surface area contributed by atoms with E-state index in [1.807, 2.05) is 0 Å². The van der Waals surface area contributed by atoms with Crippen molar-refractivity contribution < 1.29 is 4.39 Å². The first-order chi connectivity index (χ1) is 13.9. The predicted molar refractivity (Wildman–Crippen MR) is 130 cm³/mol. The molecule has 6 nitrogen and oxygen atoms in total. The highest BCUT2D eigenvalue weighted by atomic mass is 127. The van der Waals surface area contributed by atoms with Gasteiger partial charge in [0.15, 0.2) is 5.96 Å². The van der Waals surface area contributed by atoms with Gasteiger partial charge in [-0.2, -0.15) is 0 Å². The number of fused-ring (bicyclic) bond motifs is 1. The highest BCUT2D eigenvalue weighted by Gasteiger charge is 2.24. The van der Waals surface area contributed by atoms with Gasteiger partial charge in [0.05, 0.1) is 0 Å². The van der Waals surface area contributed by atoms with Crippen molar-refractivity contribution in [1.29, 1.82) is 0 Å². The summed E-state index contributed by atoms with van der Waals surface area (Å²) in [6, 6.07) is 4.54. The topological polar surface area (TPSA) is 67.1 Å². The molecular weight excluding hydrogens is 518 g/mol. The van der Waals surface area contributed by atoms with Crippen molar-refractivity contribution in [3.8, 4) is 0 Å². The fraction of sp³-hybridized carbons (Fsp3) is 0.571. The van der Waals surface area contributed by atoms with E-state index < -0.39 is 0 Å². The number of hydrogen-bond donors (Lipinski definition) is 2. The van der Waals surface area contributed by atoms with Crippen molar-refractivity contribution >= 4 is 41.5 Å². The maximum atomic E-state index is 13.3. The fourth-order valence-electron chi connectivity index (χ4n) is 3.68. The Morgan fingerprint density at radius 1 is 1.23 bits per heavy atom. The smallest absolute Gasteiger partial charge is 0.191 e. The van der Waals surface area contributed by atoms with E-state index in [1.165, 1.54) is 31.4 Å². The van der Waals surface area contributed by atoms with Gasteiger partial charge in [-0.15, -0.1) is 34.2 Å². The zero-order valence-corrected chi connectivity index (χ0v) is 20.9. The lowest BCUT2D eigenvalue weighted by Crippen LogP contribution is -2.44. The molecule has 1 aromatic heterocycles. The predicted octanol–water partition coefficient (Wildman–Crippen LogP) is 4.10. The Bertz CT molecular complexity index is 867. The SMILES string of the molecule is CN=C(NCCc1nnc2n1CCCCC2)NCC(C)(C)c1ccc(F)cc1Cl.I. The average Bonchev–Trinajstić information content (AvgIpc) is 2.90. The lowest BCUT2D eigenvalue weighted by Gasteiger charge is -2.27. The number of hydrogen-bond acceptors (Lipinski definition) is 3. The molecule has 0 radical (unpaired) electrons. The van der Waals surface area contributed by atoms with E-state index in [0.717, 1.165) is 43.1 Å². The van der Waals surface area contributed by atoms with E-state index in [0.29, 0.717) is 17.5 Å². The number of benzene rings is 1. The normalized spacial score (nSPS) is 14.5. The molecule has 0 saturated heterocycles. The van der Waals surface area contributed by atoms with Gasteiger partial charge in [0.25, 0.3) is 0 Å². The van der Waals surface area contributed by atoms with Gasteiger partial charge in [0, 0.05) is 50.0 Å². The molecule has 0 saturated carbocycles. The summed E-state index contributed by atoms with van der Waals surface area (Å²) in [4.78, 5) is 4.30. The monoisotopic (exact) mass is 548 g/mol. The Kier molecular flexibility index (Phi) is 9.33. The quantitative estimate of drug-likeness (QED) is 0.324. The van der Waals surface area contributed by atoms with E-state index in [4.69, 9.17) is 11.6 Å². The van der Waals surface area contributed by atoms with Gasteiger partial charge in [-0.1, -0.05) is 37.9 Å². The van der Waals surface area contributed by atoms with Crippen molar-refractivity contribution in [2.45, 2.75) is 57.9 Å². The number of aromatic nitrogens is 3. The number of halogens is 3. The Labute approximate surface area is 200 Å². The van der Waals surface area contributed by atoms with Crippen LogP contribution in [-0.2, 0) is 24.8 Å². The standard InChI is InChI=1S/C21H30ClFN6.HI/c1-21(2,16-9-8-15(23)13-17(16)22)14-26-20(24-3)25-11-10-19-28-27-18-7-5-4-6-12-29(18)19;/h8-9,13H,4-7,10-12,14H2,1-3H3,(H2,24,25,26);1H. The molecule has 3 rings (SSSR count). The average molecular weight is 549 g/mol. The highest BCUT2D eigenvalue weighted by molar-refractivity contribution is 14.0. The third-order valence-corrected chi connectivity index (χ3v) is 5.72. The largest absolute Gasteiger partial charge is 0.356 e. The van der Waals surface area contributed by atoms with Crippen molar-refractivity contribution in [2.75, 3.05) is 20.1 Å². The summed E-state index contributed by atoms with van der Waals surface area (Å²) in [5, 5.41) is 15.8. The van der Waals surface area contributed by atoms with E-state index in [9.17, 15) is 4.39 Å². The molecule has 2 heterocycles. The Morgan fingerprint density at radius 2 is 2.03 bits per heavy atom. The van der Waals surface area contributed by atoms with Gasteiger partial charge >= 0.3 is 0 Å². The lowest BCUT2D eigenvalue weighted by atomic mass is 9.84. The van der Waals surface area contributed by atoms with Crippen LogP contribution in [0.1, 0.15) is 50.3 Å². The molecule has 166 valence electrons. The molecule has 2 aromatic rings. The van der Waals surface area contributed by atoms with Crippen LogP contribution in [0.4, 0.5) is 4.39 Å². The molecule has 1 aromatic carbocycles. The molecule has 0 unspecified atom stereocenters. The van der Waals surface area contributed by atoms with Crippen molar-refractivity contribution in [2.24, 2.45) is 4.99 Å². The van der Waals surface area contributed by atoms with Crippen molar-refractivity contribution in [3.05, 3.63) is 46.3 Å². The van der Waals surface area contributed by atoms with Gasteiger partial charge in [-0.05, 0) is 30.5 Å². The molecule has 0 spiro atoms. The third-order valence-electron chi connectivity index (χ3n) is 5.41. The van der Waals surface area contributed by atoms with Crippen LogP contribution in [0.25, 0.3) is 0 Å². The minimum atomic E-state index is -0.327. The first-order valence-electron chi connectivity index (χ1n) is 10.2. The molecule has 1 aliphatic rings. The minimum absolute atomic E-state index is 0. The Hall–Kier alpha value is -1.42. The molecule has 1 aliphatic heterocycles. The van der Waals surface area contributed by atoms with Gasteiger partial charge < -0.3 is 15.2 Å². The molecular formula is C21H31ClFIN6. The second-order valence-electron chi connectivity index (χ2n) is 8.11. The number of guanidine groups is 1. The number of aliphatic imine (C=N–C) groups is 1. The number of rotatable bonds is 6. The number of aryl methyl sites for hydroxylation is 1. The number of nitrogens with zero attached hydrogens (tertiary/aromatic N) is 4. The summed E-state index contributed by atoms with van der Waals surface area (Å²) >= 11 is 6.24. The second kappa shape index (κ2) is 11.3. The first kappa shape index (κ1) is 24.8. The van der Waals surface area contributed by atoms with Gasteiger partial charge in [0.2, 0.25) is 0 Å². The van der Waals surface area contributed by atoms with E-state index in [1.54, 1.807) is 13.1 Å². The van der Waals surface area contributed by atoms with Gasteiger partial charge in [-0.3, -0.25) is 4.99 Å². The minimum Gasteiger partial charge on any atom is -0.356 e. The van der Waals surface area contributed by atoms with Crippen LogP contribution >= 0.6 is 35.6 Å². The number of nitrogens with one attached hydrogen (secondary N) is 2. The highest BCUT2D eigenvalue weighted by Crippen LogP contribution is 2.29. The maximum absolute atomic E-state index is 13.3. The van der Waals surface area contributed by atoms with Crippen LogP contribution in [-0.4, -0.2) is 40.9 Å². The van der Waals surface area contributed by atoms with Gasteiger partial charge in [-0.25, -0.2) is 4.39 Å². The molecule has 0 atom stereocenters. The first-order valence-corrected chi connectivity index (χ1v) is 10.6. The summed E-state index contributed by atoms with van der Waals surface area (Å²) < 4.78 is 15.6. The maximum Gasteiger partial charge on any atom is 0.191 e. The Morgan fingerprint density at radius 3 is 2.77 bits per heavy atom. The van der Waals surface area contributed by atoms with E-state index in [-0.39, 0.29) is 35.2 Å². The summed E-state index contributed by atoms with van der Waals surface area (Å²) in [5.74, 6) is 2.53. The summed E-state index contributed by atoms with van der Waals surface area (Å²) in [5.41, 5.74) is 0.613. The molecule has 2 N–H and O–H groups in total. The second-order valence-corrected chi connectivity index (χ2v) is 8.51. The molecule has 0 amide bonds. The van der Waals surface area contributed by atoms with Crippen molar-refractivity contribution in [1.82, 2.24) is 25.4 Å². The lowest BCUT2D eigenvalue weighted by molar-refractivity contribution is 0.506. The molecule has 0 bridgehead atoms. The fourth-order valence-corrected chi connectivity index (χ4v) is 4.10. The van der Waals surface area contributed by atoms with Gasteiger partial charge in [0.1, 0.15) is 17.5 Å². The van der Waals surface area contributed by atoms with Crippen LogP contribution in [0.2, 0.25) is 5.02 Å². The van der Waals surface area contributed by atoms with E-state index in [2.05, 4.69) is 44.2 Å². The molecule has 0 aliphatic carbocycles. The van der Waals surface area contributed by atoms with Crippen LogP contribution in [0.3, 0.4) is 0 Å². The molecule has 30 heavy (non-hydrogen) atoms. The van der Waals surface area contributed by atoms with Crippen LogP contribution in [0, 0.1) is 5.82 Å². The van der Waals surface area contributed by atoms with Crippen molar-refractivity contribution in [3.63, 3.8) is 0 Å². The molecule has 0 fully saturated rings. The zero-order valence-electron chi connectivity index (χ0n) is 17.8. The third kappa shape index (κ3) is 6.29. The summed E-state index contributed by atoms with van der Waals surface area (Å²) in [6.07, 6.45) is 5.45. The Balaban J connectivity index is 0.00000320. The van der Waals surface area contributed by atoms with Crippen LogP contribution in [0.15, 0.2) is 23.2 Å². The van der Waals surface area contributed by atoms with E-state index >= 15 is 0 Å². The van der Waals surface area contributed by atoms with Crippen LogP contribution in [0.5, 0.6) is 0 Å². The zero-order chi connectivity index (χ0) is 20.9. The molecule has 9 heteroatoms.